The molecule has 1 aromatic heterocycles. The topological polar surface area (TPSA) is 82.6 Å². The molecule has 1 unspecified atom stereocenters. The van der Waals surface area contributed by atoms with Gasteiger partial charge >= 0.3 is 0 Å². The Kier molecular flexibility index (Phi) is 6.19. The van der Waals surface area contributed by atoms with E-state index >= 15 is 0 Å². The molecule has 34 heavy (non-hydrogen) atoms. The van der Waals surface area contributed by atoms with Gasteiger partial charge in [0.2, 0.25) is 15.9 Å². The number of likely N-dealkylation sites (tertiary alicyclic amines) is 1. The van der Waals surface area contributed by atoms with Crippen LogP contribution < -0.4 is 5.32 Å². The van der Waals surface area contributed by atoms with Gasteiger partial charge in [-0.25, -0.2) is 17.8 Å². The van der Waals surface area contributed by atoms with Gasteiger partial charge in [-0.15, -0.1) is 11.3 Å². The number of thiazole rings is 1. The van der Waals surface area contributed by atoms with E-state index in [1.54, 1.807) is 41.7 Å². The highest BCUT2D eigenvalue weighted by Gasteiger charge is 2.39. The average Bonchev–Trinajstić information content (AvgIpc) is 3.22. The van der Waals surface area contributed by atoms with Crippen LogP contribution in [0.25, 0.3) is 10.2 Å². The van der Waals surface area contributed by atoms with Crippen molar-refractivity contribution in [3.8, 4) is 0 Å². The molecule has 5 rings (SSSR count). The second-order valence-electron chi connectivity index (χ2n) is 8.44. The van der Waals surface area contributed by atoms with Crippen LogP contribution >= 0.6 is 22.9 Å². The number of fused-ring (bicyclic) bond motifs is 1. The van der Waals surface area contributed by atoms with Gasteiger partial charge in [0, 0.05) is 32.7 Å². The van der Waals surface area contributed by atoms with Gasteiger partial charge in [0.1, 0.15) is 5.82 Å². The Morgan fingerprint density at radius 1 is 1.18 bits per heavy atom. The van der Waals surface area contributed by atoms with E-state index in [-0.39, 0.29) is 15.8 Å². The number of halogens is 2. The van der Waals surface area contributed by atoms with Crippen molar-refractivity contribution in [3.63, 3.8) is 0 Å². The van der Waals surface area contributed by atoms with Crippen molar-refractivity contribution in [3.05, 3.63) is 69.5 Å². The fourth-order valence-electron chi connectivity index (χ4n) is 4.21. The summed E-state index contributed by atoms with van der Waals surface area (Å²) in [6.07, 6.45) is 0. The van der Waals surface area contributed by atoms with Gasteiger partial charge in [0.25, 0.3) is 0 Å². The summed E-state index contributed by atoms with van der Waals surface area (Å²) in [6, 6.07) is 9.33. The van der Waals surface area contributed by atoms with Gasteiger partial charge in [-0.05, 0) is 54.1 Å². The van der Waals surface area contributed by atoms with Crippen LogP contribution in [-0.2, 0) is 14.8 Å². The number of aromatic nitrogens is 1. The molecule has 0 bridgehead atoms. The van der Waals surface area contributed by atoms with E-state index in [9.17, 15) is 17.6 Å². The number of hydrogen-bond acceptors (Lipinski definition) is 6. The molecule has 0 spiro atoms. The summed E-state index contributed by atoms with van der Waals surface area (Å²) in [5.41, 5.74) is 5.29. The molecule has 0 radical (unpaired) electrons. The maximum atomic E-state index is 13.6. The summed E-state index contributed by atoms with van der Waals surface area (Å²) in [4.78, 5) is 19.3. The van der Waals surface area contributed by atoms with Gasteiger partial charge in [0.05, 0.1) is 31.6 Å². The second-order valence-corrected chi connectivity index (χ2v) is 11.7. The van der Waals surface area contributed by atoms with E-state index in [0.29, 0.717) is 38.3 Å². The van der Waals surface area contributed by atoms with Gasteiger partial charge in [-0.1, -0.05) is 17.7 Å². The molecule has 2 aliphatic heterocycles. The summed E-state index contributed by atoms with van der Waals surface area (Å²) in [5, 5.41) is 3.00. The quantitative estimate of drug-likeness (QED) is 0.505. The first-order valence-corrected chi connectivity index (χ1v) is 13.4. The average molecular weight is 521 g/mol. The number of likely N-dealkylation sites (N-methyl/N-ethyl adjacent to an activating group) is 1. The van der Waals surface area contributed by atoms with Gasteiger partial charge in [0.15, 0.2) is 0 Å². The molecule has 11 heteroatoms. The van der Waals surface area contributed by atoms with Crippen molar-refractivity contribution >= 4 is 49.1 Å². The summed E-state index contributed by atoms with van der Waals surface area (Å²) in [6.45, 7) is 2.04. The molecule has 0 aliphatic carbocycles. The van der Waals surface area contributed by atoms with Crippen LogP contribution in [0.2, 0.25) is 5.02 Å². The Bertz CT molecular complexity index is 1410. The lowest BCUT2D eigenvalue weighted by Gasteiger charge is -2.42. The number of sulfonamides is 1. The smallest absolute Gasteiger partial charge is 0.243 e. The largest absolute Gasteiger partial charge is 0.334 e. The zero-order valence-electron chi connectivity index (χ0n) is 18.3. The molecule has 7 nitrogen and oxygen atoms in total. The standard InChI is InChI=1S/C23H22ClFN4O3S2/c1-26-8-18(14-2-4-20(25)19(24)6-14)23(30)28-9-15(10-28)16-11-29(12-16)34(31,32)17-3-5-21-22(7-17)33-13-27-21/h2-7,13,18,26H,8-12H2,1H3. The fourth-order valence-corrected chi connectivity index (χ4v) is 6.65. The Labute approximate surface area is 205 Å². The lowest BCUT2D eigenvalue weighted by Crippen LogP contribution is -2.52. The zero-order valence-corrected chi connectivity index (χ0v) is 20.7. The molecule has 1 amide bonds. The lowest BCUT2D eigenvalue weighted by atomic mass is 9.92. The van der Waals surface area contributed by atoms with E-state index in [1.165, 1.54) is 27.8 Å². The molecule has 178 valence electrons. The van der Waals surface area contributed by atoms with Crippen LogP contribution in [-0.4, -0.2) is 68.3 Å². The Balaban J connectivity index is 1.24. The predicted octanol–water partition coefficient (Wildman–Crippen LogP) is 3.24. The molecule has 2 saturated heterocycles. The van der Waals surface area contributed by atoms with Gasteiger partial charge < -0.3 is 10.2 Å². The molecule has 1 atom stereocenters. The van der Waals surface area contributed by atoms with E-state index in [0.717, 1.165) is 21.4 Å². The monoisotopic (exact) mass is 520 g/mol. The van der Waals surface area contributed by atoms with Crippen LogP contribution in [0.5, 0.6) is 0 Å². The van der Waals surface area contributed by atoms with E-state index in [2.05, 4.69) is 10.3 Å². The van der Waals surface area contributed by atoms with E-state index in [1.807, 2.05) is 0 Å². The van der Waals surface area contributed by atoms with Crippen molar-refractivity contribution in [1.82, 2.24) is 19.5 Å². The molecule has 0 saturated carbocycles. The Morgan fingerprint density at radius 3 is 2.62 bits per heavy atom. The summed E-state index contributed by atoms with van der Waals surface area (Å²) < 4.78 is 41.8. The van der Waals surface area contributed by atoms with Crippen molar-refractivity contribution in [2.24, 2.45) is 0 Å². The summed E-state index contributed by atoms with van der Waals surface area (Å²) >= 11 is 7.33. The van der Waals surface area contributed by atoms with E-state index in [4.69, 9.17) is 11.6 Å². The molecule has 2 aliphatic rings. The summed E-state index contributed by atoms with van der Waals surface area (Å²) in [5.74, 6) is -1.06. The highest BCUT2D eigenvalue weighted by atomic mass is 35.5. The minimum Gasteiger partial charge on any atom is -0.334 e. The Morgan fingerprint density at radius 2 is 1.91 bits per heavy atom. The number of rotatable bonds is 6. The maximum absolute atomic E-state index is 13.6. The van der Waals surface area contributed by atoms with Crippen molar-refractivity contribution in [2.45, 2.75) is 10.8 Å². The number of nitrogens with zero attached hydrogens (tertiary/aromatic N) is 3. The SMILES string of the molecule is CNCC(C(=O)N1CC(=C2CN(S(=O)(=O)c3ccc4ncsc4c3)C2)C1)c1ccc(F)c(Cl)c1. The molecule has 1 N–H and O–H groups in total. The fraction of sp³-hybridized carbons (Fsp3) is 0.304. The second kappa shape index (κ2) is 9.01. The van der Waals surface area contributed by atoms with Crippen molar-refractivity contribution in [2.75, 3.05) is 39.8 Å². The molecule has 3 heterocycles. The first kappa shape index (κ1) is 23.4. The molecular formula is C23H22ClFN4O3S2. The maximum Gasteiger partial charge on any atom is 0.243 e. The molecule has 3 aromatic rings. The number of amides is 1. The normalized spacial score (nSPS) is 17.6. The van der Waals surface area contributed by atoms with Crippen LogP contribution in [0.4, 0.5) is 4.39 Å². The lowest BCUT2D eigenvalue weighted by molar-refractivity contribution is -0.134. The first-order valence-electron chi connectivity index (χ1n) is 10.7. The van der Waals surface area contributed by atoms with Crippen LogP contribution in [0.1, 0.15) is 11.5 Å². The third-order valence-corrected chi connectivity index (χ3v) is 9.17. The highest BCUT2D eigenvalue weighted by Crippen LogP contribution is 2.33. The minimum atomic E-state index is -3.57. The molecule has 2 fully saturated rings. The molecule has 2 aromatic carbocycles. The van der Waals surface area contributed by atoms with Gasteiger partial charge in [-0.2, -0.15) is 4.31 Å². The van der Waals surface area contributed by atoms with Crippen LogP contribution in [0.15, 0.2) is 58.0 Å². The number of carbonyl (C=O) groups excluding carboxylic acids is 1. The van der Waals surface area contributed by atoms with Gasteiger partial charge in [-0.3, -0.25) is 4.79 Å². The van der Waals surface area contributed by atoms with Crippen molar-refractivity contribution < 1.29 is 17.6 Å². The first-order chi connectivity index (χ1) is 16.3. The van der Waals surface area contributed by atoms with Crippen LogP contribution in [0, 0.1) is 5.82 Å². The molecular weight excluding hydrogens is 499 g/mol. The number of nitrogens with one attached hydrogen (secondary N) is 1. The van der Waals surface area contributed by atoms with Crippen molar-refractivity contribution in [1.29, 1.82) is 0 Å². The number of benzene rings is 2. The minimum absolute atomic E-state index is 0.0110. The van der Waals surface area contributed by atoms with E-state index < -0.39 is 21.8 Å². The zero-order chi connectivity index (χ0) is 24.0. The predicted molar refractivity (Wildman–Crippen MR) is 130 cm³/mol. The number of hydrogen-bond donors (Lipinski definition) is 1. The number of carbonyl (C=O) groups is 1. The highest BCUT2D eigenvalue weighted by molar-refractivity contribution is 7.89. The van der Waals surface area contributed by atoms with Crippen LogP contribution in [0.3, 0.4) is 0 Å². The third-order valence-electron chi connectivity index (χ3n) is 6.30. The third kappa shape index (κ3) is 4.14. The Hall–Kier alpha value is -2.37. The summed E-state index contributed by atoms with van der Waals surface area (Å²) in [7, 11) is -1.82.